The van der Waals surface area contributed by atoms with E-state index in [0.29, 0.717) is 17.7 Å². The molecule has 1 aromatic heterocycles. The van der Waals surface area contributed by atoms with Gasteiger partial charge in [-0.05, 0) is 36.1 Å². The SMILES string of the molecule is CC(C)CC(NC(=O)C(CC(C)C)NC(=O)c1cccs1)C(=O)O. The van der Waals surface area contributed by atoms with Gasteiger partial charge in [-0.1, -0.05) is 33.8 Å². The van der Waals surface area contributed by atoms with Crippen molar-refractivity contribution in [2.45, 2.75) is 52.6 Å². The van der Waals surface area contributed by atoms with Crippen molar-refractivity contribution in [3.05, 3.63) is 22.4 Å². The summed E-state index contributed by atoms with van der Waals surface area (Å²) in [6.45, 7) is 7.68. The summed E-state index contributed by atoms with van der Waals surface area (Å²) < 4.78 is 0. The number of hydrogen-bond acceptors (Lipinski definition) is 4. The fraction of sp³-hybridized carbons (Fsp3) is 0.588. The normalized spacial score (nSPS) is 13.6. The minimum Gasteiger partial charge on any atom is -0.480 e. The number of rotatable bonds is 9. The van der Waals surface area contributed by atoms with Crippen molar-refractivity contribution >= 4 is 29.1 Å². The molecule has 0 spiro atoms. The Labute approximate surface area is 146 Å². The molecule has 1 aromatic rings. The molecule has 24 heavy (non-hydrogen) atoms. The molecule has 3 N–H and O–H groups in total. The maximum Gasteiger partial charge on any atom is 0.326 e. The average Bonchev–Trinajstić information content (AvgIpc) is 2.98. The van der Waals surface area contributed by atoms with Crippen LogP contribution in [0.25, 0.3) is 0 Å². The van der Waals surface area contributed by atoms with Gasteiger partial charge in [-0.2, -0.15) is 0 Å². The van der Waals surface area contributed by atoms with Crippen LogP contribution in [0.5, 0.6) is 0 Å². The molecule has 0 aliphatic rings. The van der Waals surface area contributed by atoms with Crippen LogP contribution in [0.15, 0.2) is 17.5 Å². The number of hydrogen-bond donors (Lipinski definition) is 3. The Morgan fingerprint density at radius 3 is 2.08 bits per heavy atom. The van der Waals surface area contributed by atoms with Crippen molar-refractivity contribution in [3.63, 3.8) is 0 Å². The van der Waals surface area contributed by atoms with E-state index in [0.717, 1.165) is 0 Å². The maximum atomic E-state index is 12.5. The summed E-state index contributed by atoms with van der Waals surface area (Å²) in [5.41, 5.74) is 0. The molecular formula is C17H26N2O4S. The van der Waals surface area contributed by atoms with Gasteiger partial charge in [-0.25, -0.2) is 4.79 Å². The third-order valence-corrected chi connectivity index (χ3v) is 4.26. The van der Waals surface area contributed by atoms with Gasteiger partial charge in [-0.3, -0.25) is 9.59 Å². The van der Waals surface area contributed by atoms with E-state index in [1.54, 1.807) is 17.5 Å². The second-order valence-corrected chi connectivity index (χ2v) is 7.61. The minimum atomic E-state index is -1.06. The molecule has 7 heteroatoms. The van der Waals surface area contributed by atoms with Crippen LogP contribution in [-0.4, -0.2) is 35.0 Å². The van der Waals surface area contributed by atoms with Crippen LogP contribution in [-0.2, 0) is 9.59 Å². The van der Waals surface area contributed by atoms with Gasteiger partial charge >= 0.3 is 5.97 Å². The van der Waals surface area contributed by atoms with Crippen LogP contribution in [0.2, 0.25) is 0 Å². The molecule has 0 bridgehead atoms. The van der Waals surface area contributed by atoms with Crippen molar-refractivity contribution < 1.29 is 19.5 Å². The summed E-state index contributed by atoms with van der Waals surface area (Å²) in [7, 11) is 0. The van der Waals surface area contributed by atoms with Crippen molar-refractivity contribution in [3.8, 4) is 0 Å². The Balaban J connectivity index is 2.80. The Bertz CT molecular complexity index is 555. The number of carbonyl (C=O) groups is 3. The standard InChI is InChI=1S/C17H26N2O4S/c1-10(2)8-12(18-16(21)14-6-5-7-24-14)15(20)19-13(17(22)23)9-11(3)4/h5-7,10-13H,8-9H2,1-4H3,(H,18,21)(H,19,20)(H,22,23). The quantitative estimate of drug-likeness (QED) is 0.635. The molecule has 1 heterocycles. The molecule has 2 amide bonds. The molecule has 0 fully saturated rings. The first-order chi connectivity index (χ1) is 11.2. The lowest BCUT2D eigenvalue weighted by Crippen LogP contribution is -2.52. The second kappa shape index (κ2) is 9.42. The van der Waals surface area contributed by atoms with Crippen LogP contribution in [0.3, 0.4) is 0 Å². The zero-order chi connectivity index (χ0) is 18.3. The van der Waals surface area contributed by atoms with E-state index in [9.17, 15) is 19.5 Å². The van der Waals surface area contributed by atoms with E-state index in [-0.39, 0.29) is 17.7 Å². The fourth-order valence-corrected chi connectivity index (χ4v) is 2.93. The number of nitrogens with one attached hydrogen (secondary N) is 2. The van der Waals surface area contributed by atoms with Crippen LogP contribution in [0.4, 0.5) is 0 Å². The highest BCUT2D eigenvalue weighted by atomic mass is 32.1. The van der Waals surface area contributed by atoms with Crippen LogP contribution >= 0.6 is 11.3 Å². The topological polar surface area (TPSA) is 95.5 Å². The predicted octanol–water partition coefficient (Wildman–Crippen LogP) is 2.51. The highest BCUT2D eigenvalue weighted by Crippen LogP contribution is 2.12. The minimum absolute atomic E-state index is 0.135. The first-order valence-corrected chi connectivity index (χ1v) is 8.96. The zero-order valence-corrected chi connectivity index (χ0v) is 15.4. The molecule has 0 saturated carbocycles. The lowest BCUT2D eigenvalue weighted by molar-refractivity contribution is -0.142. The summed E-state index contributed by atoms with van der Waals surface area (Å²) in [4.78, 5) is 36.5. The second-order valence-electron chi connectivity index (χ2n) is 6.66. The number of amides is 2. The van der Waals surface area contributed by atoms with E-state index in [4.69, 9.17) is 0 Å². The van der Waals surface area contributed by atoms with Crippen molar-refractivity contribution in [1.82, 2.24) is 10.6 Å². The lowest BCUT2D eigenvalue weighted by atomic mass is 10.0. The number of thiophene rings is 1. The van der Waals surface area contributed by atoms with E-state index in [2.05, 4.69) is 10.6 Å². The van der Waals surface area contributed by atoms with Crippen molar-refractivity contribution in [2.24, 2.45) is 11.8 Å². The molecule has 0 aliphatic heterocycles. The maximum absolute atomic E-state index is 12.5. The lowest BCUT2D eigenvalue weighted by Gasteiger charge is -2.23. The van der Waals surface area contributed by atoms with Crippen molar-refractivity contribution in [1.29, 1.82) is 0 Å². The van der Waals surface area contributed by atoms with Gasteiger partial charge in [0, 0.05) is 0 Å². The Hall–Kier alpha value is -1.89. The molecule has 0 radical (unpaired) electrons. The Morgan fingerprint density at radius 2 is 1.62 bits per heavy atom. The highest BCUT2D eigenvalue weighted by molar-refractivity contribution is 7.12. The Morgan fingerprint density at radius 1 is 1.04 bits per heavy atom. The number of carbonyl (C=O) groups excluding carboxylic acids is 2. The largest absolute Gasteiger partial charge is 0.480 e. The van der Waals surface area contributed by atoms with Crippen LogP contribution in [0, 0.1) is 11.8 Å². The van der Waals surface area contributed by atoms with Crippen LogP contribution < -0.4 is 10.6 Å². The van der Waals surface area contributed by atoms with Gasteiger partial charge in [0.25, 0.3) is 5.91 Å². The molecular weight excluding hydrogens is 328 g/mol. The summed E-state index contributed by atoms with van der Waals surface area (Å²) in [5, 5.41) is 16.3. The van der Waals surface area contributed by atoms with E-state index >= 15 is 0 Å². The van der Waals surface area contributed by atoms with Gasteiger partial charge in [-0.15, -0.1) is 11.3 Å². The molecule has 0 aromatic carbocycles. The van der Waals surface area contributed by atoms with Gasteiger partial charge in [0.05, 0.1) is 4.88 Å². The number of carboxylic acids is 1. The number of carboxylic acid groups (broad SMARTS) is 1. The summed E-state index contributed by atoms with van der Waals surface area (Å²) >= 11 is 1.29. The molecule has 134 valence electrons. The van der Waals surface area contributed by atoms with E-state index in [1.165, 1.54) is 11.3 Å². The number of aliphatic carboxylic acids is 1. The third kappa shape index (κ3) is 6.70. The van der Waals surface area contributed by atoms with Gasteiger partial charge < -0.3 is 15.7 Å². The molecule has 0 saturated heterocycles. The third-order valence-electron chi connectivity index (χ3n) is 3.40. The zero-order valence-electron chi connectivity index (χ0n) is 14.5. The smallest absolute Gasteiger partial charge is 0.326 e. The fourth-order valence-electron chi connectivity index (χ4n) is 2.31. The first kappa shape index (κ1) is 20.2. The molecule has 2 unspecified atom stereocenters. The average molecular weight is 354 g/mol. The highest BCUT2D eigenvalue weighted by Gasteiger charge is 2.28. The molecule has 0 aliphatic carbocycles. The molecule has 6 nitrogen and oxygen atoms in total. The summed E-state index contributed by atoms with van der Waals surface area (Å²) in [5.74, 6) is -1.53. The molecule has 2 atom stereocenters. The van der Waals surface area contributed by atoms with Crippen LogP contribution in [0.1, 0.15) is 50.2 Å². The first-order valence-electron chi connectivity index (χ1n) is 8.08. The van der Waals surface area contributed by atoms with Gasteiger partial charge in [0.15, 0.2) is 0 Å². The van der Waals surface area contributed by atoms with Gasteiger partial charge in [0.1, 0.15) is 12.1 Å². The van der Waals surface area contributed by atoms with E-state index in [1.807, 2.05) is 27.7 Å². The van der Waals surface area contributed by atoms with Crippen molar-refractivity contribution in [2.75, 3.05) is 0 Å². The molecule has 1 rings (SSSR count). The van der Waals surface area contributed by atoms with Gasteiger partial charge in [0.2, 0.25) is 5.91 Å². The summed E-state index contributed by atoms with van der Waals surface area (Å²) in [6, 6.07) is 1.74. The predicted molar refractivity (Wildman–Crippen MR) is 94.0 cm³/mol. The summed E-state index contributed by atoms with van der Waals surface area (Å²) in [6.07, 6.45) is 0.783. The monoisotopic (exact) mass is 354 g/mol. The van der Waals surface area contributed by atoms with E-state index < -0.39 is 24.0 Å². The Kier molecular flexibility index (Phi) is 7.91.